The molecule has 0 radical (unpaired) electrons. The Kier molecular flexibility index (Phi) is 2.52. The van der Waals surface area contributed by atoms with Gasteiger partial charge in [-0.3, -0.25) is 0 Å². The van der Waals surface area contributed by atoms with Crippen molar-refractivity contribution >= 4 is 0 Å². The summed E-state index contributed by atoms with van der Waals surface area (Å²) in [6.07, 6.45) is 9.90. The second-order valence-electron chi connectivity index (χ2n) is 2.10. The highest BCUT2D eigenvalue weighted by Crippen LogP contribution is 2.09. The van der Waals surface area contributed by atoms with Crippen molar-refractivity contribution in [2.24, 2.45) is 0 Å². The van der Waals surface area contributed by atoms with Crippen molar-refractivity contribution < 1.29 is 4.74 Å². The van der Waals surface area contributed by atoms with Crippen molar-refractivity contribution in [1.82, 2.24) is 0 Å². The molecule has 1 heteroatoms. The Bertz CT molecular complexity index is 121. The average molecular weight is 124 g/mol. The molecule has 0 aliphatic carbocycles. The minimum atomic E-state index is 0.440. The fraction of sp³-hybridized carbons (Fsp3) is 0.500. The van der Waals surface area contributed by atoms with Crippen LogP contribution in [0.5, 0.6) is 0 Å². The number of epoxide rings is 1. The van der Waals surface area contributed by atoms with Gasteiger partial charge in [0, 0.05) is 0 Å². The maximum atomic E-state index is 4.98. The maximum Gasteiger partial charge on any atom is 0.0991 e. The molecule has 50 valence electrons. The largest absolute Gasteiger partial charge is 0.369 e. The molecule has 0 spiro atoms. The Morgan fingerprint density at radius 2 is 2.33 bits per heavy atom. The van der Waals surface area contributed by atoms with E-state index in [4.69, 9.17) is 4.74 Å². The predicted octanol–water partition coefficient (Wildman–Crippen LogP) is 1.91. The Morgan fingerprint density at radius 3 is 2.89 bits per heavy atom. The third kappa shape index (κ3) is 3.09. The zero-order valence-corrected chi connectivity index (χ0v) is 5.71. The van der Waals surface area contributed by atoms with Crippen LogP contribution in [0.2, 0.25) is 0 Å². The van der Waals surface area contributed by atoms with Gasteiger partial charge in [-0.15, -0.1) is 0 Å². The number of ether oxygens (including phenoxy) is 1. The quantitative estimate of drug-likeness (QED) is 0.413. The Labute approximate surface area is 56.0 Å². The molecule has 0 amide bonds. The minimum absolute atomic E-state index is 0.440. The first-order chi connectivity index (χ1) is 4.43. The lowest BCUT2D eigenvalue weighted by Gasteiger charge is -1.77. The molecular formula is C8H12O. The summed E-state index contributed by atoms with van der Waals surface area (Å²) in [6.45, 7) is 2.95. The SMILES string of the molecule is CC=CCC=CC1CO1. The van der Waals surface area contributed by atoms with Crippen molar-refractivity contribution in [3.05, 3.63) is 24.3 Å². The lowest BCUT2D eigenvalue weighted by atomic mass is 10.3. The van der Waals surface area contributed by atoms with E-state index in [2.05, 4.69) is 24.3 Å². The monoisotopic (exact) mass is 124 g/mol. The molecule has 0 aromatic rings. The molecule has 1 aliphatic rings. The van der Waals surface area contributed by atoms with E-state index in [1.807, 2.05) is 6.92 Å². The van der Waals surface area contributed by atoms with Crippen LogP contribution in [0.1, 0.15) is 13.3 Å². The predicted molar refractivity (Wildman–Crippen MR) is 38.3 cm³/mol. The molecule has 1 fully saturated rings. The standard InChI is InChI=1S/C8H12O/c1-2-3-4-5-6-8-7-9-8/h2-3,5-6,8H,4,7H2,1H3. The summed E-state index contributed by atoms with van der Waals surface area (Å²) in [7, 11) is 0. The molecule has 1 nitrogen and oxygen atoms in total. The van der Waals surface area contributed by atoms with Crippen molar-refractivity contribution in [2.75, 3.05) is 6.61 Å². The first-order valence-corrected chi connectivity index (χ1v) is 3.33. The van der Waals surface area contributed by atoms with E-state index in [-0.39, 0.29) is 0 Å². The van der Waals surface area contributed by atoms with E-state index in [9.17, 15) is 0 Å². The van der Waals surface area contributed by atoms with Crippen LogP contribution in [0.4, 0.5) is 0 Å². The van der Waals surface area contributed by atoms with Gasteiger partial charge < -0.3 is 4.74 Å². The molecule has 1 aliphatic heterocycles. The average Bonchev–Trinajstić information content (AvgIpc) is 2.63. The molecule has 0 aromatic carbocycles. The molecule has 1 rings (SSSR count). The molecule has 1 saturated heterocycles. The molecule has 9 heavy (non-hydrogen) atoms. The van der Waals surface area contributed by atoms with E-state index in [1.54, 1.807) is 0 Å². The van der Waals surface area contributed by atoms with Crippen LogP contribution in [-0.2, 0) is 4.74 Å². The summed E-state index contributed by atoms with van der Waals surface area (Å²) in [4.78, 5) is 0. The molecule has 0 bridgehead atoms. The maximum absolute atomic E-state index is 4.98. The number of hydrogen-bond donors (Lipinski definition) is 0. The van der Waals surface area contributed by atoms with Gasteiger partial charge in [-0.1, -0.05) is 24.3 Å². The molecule has 1 atom stereocenters. The van der Waals surface area contributed by atoms with Crippen LogP contribution in [0.25, 0.3) is 0 Å². The summed E-state index contributed by atoms with van der Waals surface area (Å²) >= 11 is 0. The highest BCUT2D eigenvalue weighted by molar-refractivity contribution is 4.99. The van der Waals surface area contributed by atoms with Gasteiger partial charge >= 0.3 is 0 Å². The van der Waals surface area contributed by atoms with Gasteiger partial charge in [0.1, 0.15) is 0 Å². The van der Waals surface area contributed by atoms with Crippen molar-refractivity contribution in [2.45, 2.75) is 19.4 Å². The smallest absolute Gasteiger partial charge is 0.0991 e. The topological polar surface area (TPSA) is 12.5 Å². The Morgan fingerprint density at radius 1 is 1.56 bits per heavy atom. The van der Waals surface area contributed by atoms with Gasteiger partial charge in [0.25, 0.3) is 0 Å². The molecular weight excluding hydrogens is 112 g/mol. The van der Waals surface area contributed by atoms with Gasteiger partial charge in [-0.25, -0.2) is 0 Å². The lowest BCUT2D eigenvalue weighted by molar-refractivity contribution is 0.440. The fourth-order valence-corrected chi connectivity index (χ4v) is 0.612. The molecule has 1 heterocycles. The zero-order valence-electron chi connectivity index (χ0n) is 5.71. The molecule has 0 N–H and O–H groups in total. The summed E-state index contributed by atoms with van der Waals surface area (Å²) in [6, 6.07) is 0. The van der Waals surface area contributed by atoms with E-state index >= 15 is 0 Å². The third-order valence-corrected chi connectivity index (χ3v) is 1.22. The summed E-state index contributed by atoms with van der Waals surface area (Å²) in [5, 5.41) is 0. The van der Waals surface area contributed by atoms with Crippen LogP contribution in [0.15, 0.2) is 24.3 Å². The number of allylic oxidation sites excluding steroid dienone is 3. The van der Waals surface area contributed by atoms with Crippen LogP contribution in [-0.4, -0.2) is 12.7 Å². The summed E-state index contributed by atoms with van der Waals surface area (Å²) < 4.78 is 4.98. The second-order valence-corrected chi connectivity index (χ2v) is 2.10. The fourth-order valence-electron chi connectivity index (χ4n) is 0.612. The summed E-state index contributed by atoms with van der Waals surface area (Å²) in [5.74, 6) is 0. The van der Waals surface area contributed by atoms with E-state index in [0.29, 0.717) is 6.10 Å². The number of rotatable bonds is 3. The van der Waals surface area contributed by atoms with E-state index in [1.165, 1.54) is 0 Å². The van der Waals surface area contributed by atoms with Gasteiger partial charge in [0.05, 0.1) is 12.7 Å². The van der Waals surface area contributed by atoms with Gasteiger partial charge in [0.2, 0.25) is 0 Å². The molecule has 0 aromatic heterocycles. The normalized spacial score (nSPS) is 26.1. The van der Waals surface area contributed by atoms with Gasteiger partial charge in [0.15, 0.2) is 0 Å². The van der Waals surface area contributed by atoms with E-state index in [0.717, 1.165) is 13.0 Å². The van der Waals surface area contributed by atoms with Crippen molar-refractivity contribution in [3.63, 3.8) is 0 Å². The zero-order chi connectivity index (χ0) is 6.53. The molecule has 1 unspecified atom stereocenters. The lowest BCUT2D eigenvalue weighted by Crippen LogP contribution is -1.71. The van der Waals surface area contributed by atoms with Crippen LogP contribution >= 0.6 is 0 Å². The Hall–Kier alpha value is -0.560. The van der Waals surface area contributed by atoms with E-state index < -0.39 is 0 Å². The third-order valence-electron chi connectivity index (χ3n) is 1.22. The Balaban J connectivity index is 2.01. The van der Waals surface area contributed by atoms with Crippen molar-refractivity contribution in [1.29, 1.82) is 0 Å². The minimum Gasteiger partial charge on any atom is -0.369 e. The first-order valence-electron chi connectivity index (χ1n) is 3.33. The highest BCUT2D eigenvalue weighted by Gasteiger charge is 2.17. The van der Waals surface area contributed by atoms with Gasteiger partial charge in [-0.2, -0.15) is 0 Å². The van der Waals surface area contributed by atoms with Crippen molar-refractivity contribution in [3.8, 4) is 0 Å². The number of hydrogen-bond acceptors (Lipinski definition) is 1. The van der Waals surface area contributed by atoms with Crippen LogP contribution in [0, 0.1) is 0 Å². The van der Waals surface area contributed by atoms with Crippen LogP contribution in [0.3, 0.4) is 0 Å². The highest BCUT2D eigenvalue weighted by atomic mass is 16.6. The second kappa shape index (κ2) is 3.46. The molecule has 0 saturated carbocycles. The summed E-state index contributed by atoms with van der Waals surface area (Å²) in [5.41, 5.74) is 0. The first kappa shape index (κ1) is 6.56. The van der Waals surface area contributed by atoms with Gasteiger partial charge in [-0.05, 0) is 13.3 Å². The van der Waals surface area contributed by atoms with Crippen LogP contribution < -0.4 is 0 Å².